The lowest BCUT2D eigenvalue weighted by Gasteiger charge is -2.10. The van der Waals surface area contributed by atoms with Crippen LogP contribution in [0.25, 0.3) is 21.9 Å². The van der Waals surface area contributed by atoms with Crippen molar-refractivity contribution in [2.75, 3.05) is 5.32 Å². The third-order valence-electron chi connectivity index (χ3n) is 3.99. The highest BCUT2D eigenvalue weighted by molar-refractivity contribution is 5.92. The number of fused-ring (bicyclic) bond motifs is 1. The van der Waals surface area contributed by atoms with Crippen molar-refractivity contribution < 1.29 is 4.79 Å². The molecule has 0 aliphatic carbocycles. The zero-order valence-corrected chi connectivity index (χ0v) is 13.3. The maximum absolute atomic E-state index is 10.9. The second-order valence-electron chi connectivity index (χ2n) is 5.62. The van der Waals surface area contributed by atoms with Crippen molar-refractivity contribution in [3.8, 4) is 11.1 Å². The second-order valence-corrected chi connectivity index (χ2v) is 5.62. The first-order chi connectivity index (χ1) is 11.1. The Hall–Kier alpha value is -2.88. The van der Waals surface area contributed by atoms with Crippen LogP contribution in [-0.2, 0) is 6.42 Å². The van der Waals surface area contributed by atoms with Gasteiger partial charge in [0.25, 0.3) is 0 Å². The number of benzene rings is 2. The zero-order valence-electron chi connectivity index (χ0n) is 13.3. The number of carbonyl (C=O) groups excluding carboxylic acids is 1. The minimum atomic E-state index is -0.611. The van der Waals surface area contributed by atoms with Crippen molar-refractivity contribution in [2.24, 2.45) is 5.73 Å². The molecule has 0 saturated carbocycles. The van der Waals surface area contributed by atoms with Gasteiger partial charge in [-0.2, -0.15) is 0 Å². The molecule has 2 amide bonds. The van der Waals surface area contributed by atoms with E-state index in [-0.39, 0.29) is 0 Å². The number of rotatable bonds is 3. The number of pyridine rings is 1. The van der Waals surface area contributed by atoms with E-state index < -0.39 is 6.03 Å². The molecular formula is C19H19N3O. The van der Waals surface area contributed by atoms with Crippen LogP contribution >= 0.6 is 0 Å². The van der Waals surface area contributed by atoms with Crippen LogP contribution in [0.5, 0.6) is 0 Å². The summed E-state index contributed by atoms with van der Waals surface area (Å²) >= 11 is 0. The Morgan fingerprint density at radius 2 is 1.96 bits per heavy atom. The minimum Gasteiger partial charge on any atom is -0.351 e. The standard InChI is InChI=1S/C19H19N3O/c1-3-13-5-4-12(2)17(8-13)15-7-6-14-10-18(22-19(20)23)21-11-16(14)9-15/h4-11H,3H2,1-2H3,(H3,20,21,22,23). The lowest BCUT2D eigenvalue weighted by molar-refractivity contribution is 0.259. The number of aryl methyl sites for hydroxylation is 2. The number of nitrogens with zero attached hydrogens (tertiary/aromatic N) is 1. The van der Waals surface area contributed by atoms with E-state index in [1.54, 1.807) is 6.20 Å². The molecule has 0 radical (unpaired) electrons. The van der Waals surface area contributed by atoms with Crippen molar-refractivity contribution in [3.63, 3.8) is 0 Å². The quantitative estimate of drug-likeness (QED) is 0.759. The number of primary amides is 1. The maximum atomic E-state index is 10.9. The number of aromatic nitrogens is 1. The van der Waals surface area contributed by atoms with Gasteiger partial charge in [-0.05, 0) is 53.1 Å². The molecule has 2 aromatic carbocycles. The van der Waals surface area contributed by atoms with E-state index in [4.69, 9.17) is 5.73 Å². The van der Waals surface area contributed by atoms with Gasteiger partial charge in [0, 0.05) is 11.6 Å². The van der Waals surface area contributed by atoms with Crippen molar-refractivity contribution in [2.45, 2.75) is 20.3 Å². The molecule has 3 N–H and O–H groups in total. The number of anilines is 1. The Morgan fingerprint density at radius 1 is 1.13 bits per heavy atom. The van der Waals surface area contributed by atoms with Crippen molar-refractivity contribution in [3.05, 3.63) is 59.8 Å². The van der Waals surface area contributed by atoms with Crippen molar-refractivity contribution >= 4 is 22.6 Å². The van der Waals surface area contributed by atoms with Gasteiger partial charge in [-0.3, -0.25) is 5.32 Å². The molecule has 1 heterocycles. The predicted molar refractivity (Wildman–Crippen MR) is 94.5 cm³/mol. The number of hydrogen-bond donors (Lipinski definition) is 2. The van der Waals surface area contributed by atoms with Gasteiger partial charge in [0.1, 0.15) is 5.82 Å². The van der Waals surface area contributed by atoms with E-state index in [0.29, 0.717) is 5.82 Å². The number of amides is 2. The molecule has 23 heavy (non-hydrogen) atoms. The number of nitrogens with two attached hydrogens (primary N) is 1. The van der Waals surface area contributed by atoms with Gasteiger partial charge in [0.15, 0.2) is 0 Å². The minimum absolute atomic E-state index is 0.460. The van der Waals surface area contributed by atoms with Gasteiger partial charge in [0.2, 0.25) is 0 Å². The Kier molecular flexibility index (Phi) is 3.98. The SMILES string of the molecule is CCc1ccc(C)c(-c2ccc3cc(NC(N)=O)ncc3c2)c1. The fourth-order valence-corrected chi connectivity index (χ4v) is 2.70. The fourth-order valence-electron chi connectivity index (χ4n) is 2.70. The molecule has 0 aliphatic rings. The van der Waals surface area contributed by atoms with E-state index in [9.17, 15) is 4.79 Å². The molecule has 0 unspecified atom stereocenters. The molecular weight excluding hydrogens is 286 g/mol. The topological polar surface area (TPSA) is 68.0 Å². The number of hydrogen-bond acceptors (Lipinski definition) is 2. The van der Waals surface area contributed by atoms with E-state index in [1.165, 1.54) is 22.3 Å². The third kappa shape index (κ3) is 3.16. The van der Waals surface area contributed by atoms with Gasteiger partial charge in [-0.15, -0.1) is 0 Å². The summed E-state index contributed by atoms with van der Waals surface area (Å²) in [6, 6.07) is 14.0. The molecule has 4 heteroatoms. The second kappa shape index (κ2) is 6.08. The first kappa shape index (κ1) is 15.0. The molecule has 0 atom stereocenters. The molecule has 0 bridgehead atoms. The summed E-state index contributed by atoms with van der Waals surface area (Å²) in [6.45, 7) is 4.28. The van der Waals surface area contributed by atoms with Gasteiger partial charge in [-0.25, -0.2) is 9.78 Å². The summed E-state index contributed by atoms with van der Waals surface area (Å²) in [6.07, 6.45) is 2.77. The summed E-state index contributed by atoms with van der Waals surface area (Å²) in [5, 5.41) is 4.53. The Balaban J connectivity index is 2.05. The molecule has 0 aliphatic heterocycles. The van der Waals surface area contributed by atoms with Crippen LogP contribution < -0.4 is 11.1 Å². The Morgan fingerprint density at radius 3 is 2.70 bits per heavy atom. The third-order valence-corrected chi connectivity index (χ3v) is 3.99. The highest BCUT2D eigenvalue weighted by Crippen LogP contribution is 2.28. The Bertz CT molecular complexity index is 887. The first-order valence-corrected chi connectivity index (χ1v) is 7.63. The largest absolute Gasteiger partial charge is 0.351 e. The van der Waals surface area contributed by atoms with Crippen LogP contribution in [0, 0.1) is 6.92 Å². The molecule has 116 valence electrons. The lowest BCUT2D eigenvalue weighted by atomic mass is 9.96. The van der Waals surface area contributed by atoms with Gasteiger partial charge < -0.3 is 5.73 Å². The van der Waals surface area contributed by atoms with Gasteiger partial charge in [0.05, 0.1) is 0 Å². The summed E-state index contributed by atoms with van der Waals surface area (Å²) in [4.78, 5) is 15.1. The average Bonchev–Trinajstić information content (AvgIpc) is 2.54. The first-order valence-electron chi connectivity index (χ1n) is 7.63. The monoisotopic (exact) mass is 305 g/mol. The van der Waals surface area contributed by atoms with Crippen LogP contribution in [-0.4, -0.2) is 11.0 Å². The van der Waals surface area contributed by atoms with Gasteiger partial charge >= 0.3 is 6.03 Å². The number of nitrogens with one attached hydrogen (secondary N) is 1. The van der Waals surface area contributed by atoms with E-state index in [1.807, 2.05) is 12.1 Å². The highest BCUT2D eigenvalue weighted by atomic mass is 16.2. The molecule has 1 aromatic heterocycles. The predicted octanol–water partition coefficient (Wildman–Crippen LogP) is 4.26. The van der Waals surface area contributed by atoms with Crippen molar-refractivity contribution in [1.82, 2.24) is 4.98 Å². The van der Waals surface area contributed by atoms with Crippen LogP contribution in [0.2, 0.25) is 0 Å². The average molecular weight is 305 g/mol. The molecule has 3 aromatic rings. The van der Waals surface area contributed by atoms with E-state index in [0.717, 1.165) is 17.2 Å². The summed E-state index contributed by atoms with van der Waals surface area (Å²) in [5.74, 6) is 0.460. The smallest absolute Gasteiger partial charge is 0.317 e. The van der Waals surface area contributed by atoms with Crippen LogP contribution in [0.4, 0.5) is 10.6 Å². The van der Waals surface area contributed by atoms with Gasteiger partial charge in [-0.1, -0.05) is 37.3 Å². The normalized spacial score (nSPS) is 10.7. The molecule has 3 rings (SSSR count). The van der Waals surface area contributed by atoms with E-state index >= 15 is 0 Å². The fraction of sp³-hybridized carbons (Fsp3) is 0.158. The van der Waals surface area contributed by atoms with Crippen LogP contribution in [0.1, 0.15) is 18.1 Å². The highest BCUT2D eigenvalue weighted by Gasteiger charge is 2.06. The number of carbonyl (C=O) groups is 1. The maximum Gasteiger partial charge on any atom is 0.317 e. The molecule has 0 saturated heterocycles. The zero-order chi connectivity index (χ0) is 16.4. The van der Waals surface area contributed by atoms with Crippen LogP contribution in [0.3, 0.4) is 0 Å². The summed E-state index contributed by atoms with van der Waals surface area (Å²) in [5.41, 5.74) is 10.1. The van der Waals surface area contributed by atoms with Crippen LogP contribution in [0.15, 0.2) is 48.7 Å². The summed E-state index contributed by atoms with van der Waals surface area (Å²) < 4.78 is 0. The molecule has 0 fully saturated rings. The lowest BCUT2D eigenvalue weighted by Crippen LogP contribution is -2.19. The number of urea groups is 1. The molecule has 0 spiro atoms. The summed E-state index contributed by atoms with van der Waals surface area (Å²) in [7, 11) is 0. The van der Waals surface area contributed by atoms with Crippen molar-refractivity contribution in [1.29, 1.82) is 0 Å². The Labute approximate surface area is 135 Å². The molecule has 4 nitrogen and oxygen atoms in total. The van der Waals surface area contributed by atoms with E-state index in [2.05, 4.69) is 54.5 Å².